The molecule has 0 saturated carbocycles. The van der Waals surface area contributed by atoms with Crippen molar-refractivity contribution in [1.82, 2.24) is 0 Å². The summed E-state index contributed by atoms with van der Waals surface area (Å²) in [5.74, 6) is 0.955. The minimum atomic E-state index is 0.624. The number of allylic oxidation sites excluding steroid dienone is 1. The van der Waals surface area contributed by atoms with Crippen molar-refractivity contribution in [2.24, 2.45) is 0 Å². The van der Waals surface area contributed by atoms with Crippen LogP contribution in [0.5, 0.6) is 0 Å². The van der Waals surface area contributed by atoms with E-state index in [-0.39, 0.29) is 0 Å². The molecular weight excluding hydrogens is 212 g/mol. The summed E-state index contributed by atoms with van der Waals surface area (Å²) in [5.41, 5.74) is 2.29. The second-order valence-corrected chi connectivity index (χ2v) is 4.21. The molecule has 0 N–H and O–H groups in total. The van der Waals surface area contributed by atoms with E-state index in [1.807, 2.05) is 44.2 Å². The Morgan fingerprint density at radius 2 is 1.88 bits per heavy atom. The highest BCUT2D eigenvalue weighted by Gasteiger charge is 2.03. The highest BCUT2D eigenvalue weighted by Crippen LogP contribution is 2.20. The molecule has 0 amide bonds. The van der Waals surface area contributed by atoms with Crippen LogP contribution >= 0.6 is 0 Å². The average Bonchev–Trinajstić information content (AvgIpc) is 2.34. The van der Waals surface area contributed by atoms with Gasteiger partial charge in [-0.25, -0.2) is 0 Å². The van der Waals surface area contributed by atoms with Gasteiger partial charge in [0.05, 0.1) is 6.61 Å². The van der Waals surface area contributed by atoms with Gasteiger partial charge in [-0.15, -0.1) is 0 Å². The van der Waals surface area contributed by atoms with Crippen LogP contribution in [-0.2, 0) is 9.53 Å². The topological polar surface area (TPSA) is 26.3 Å². The van der Waals surface area contributed by atoms with Gasteiger partial charge in [0.15, 0.2) is 0 Å². The van der Waals surface area contributed by atoms with E-state index in [1.54, 1.807) is 0 Å². The maximum absolute atomic E-state index is 10.2. The van der Waals surface area contributed by atoms with Crippen LogP contribution in [0.2, 0.25) is 0 Å². The second kappa shape index (κ2) is 7.66. The zero-order chi connectivity index (χ0) is 12.5. The Morgan fingerprint density at radius 3 is 2.47 bits per heavy atom. The van der Waals surface area contributed by atoms with Gasteiger partial charge in [0.2, 0.25) is 0 Å². The molecule has 0 heterocycles. The Labute approximate surface area is 103 Å². The summed E-state index contributed by atoms with van der Waals surface area (Å²) in [6.07, 6.45) is 3.40. The van der Waals surface area contributed by atoms with Gasteiger partial charge in [-0.1, -0.05) is 30.3 Å². The smallest absolute Gasteiger partial charge is 0.125 e. The third-order valence-corrected chi connectivity index (χ3v) is 2.45. The highest BCUT2D eigenvalue weighted by atomic mass is 16.5. The summed E-state index contributed by atoms with van der Waals surface area (Å²) in [6, 6.07) is 10.1. The van der Waals surface area contributed by atoms with E-state index in [1.165, 1.54) is 5.57 Å². The first-order chi connectivity index (χ1) is 8.25. The van der Waals surface area contributed by atoms with Crippen molar-refractivity contribution in [3.8, 4) is 0 Å². The number of hydrogen-bond acceptors (Lipinski definition) is 2. The maximum Gasteiger partial charge on any atom is 0.125 e. The molecular formula is C15H20O2. The lowest BCUT2D eigenvalue weighted by Crippen LogP contribution is -1.97. The Bertz CT molecular complexity index is 362. The van der Waals surface area contributed by atoms with Gasteiger partial charge in [0.1, 0.15) is 12.0 Å². The standard InChI is InChI=1S/C15H20O2/c1-13(2)15(14-9-5-3-6-10-14)17-12-8-4-7-11-16/h3,5-6,9-11H,4,7-8,12H2,1-2H3. The average molecular weight is 232 g/mol. The van der Waals surface area contributed by atoms with Crippen molar-refractivity contribution < 1.29 is 9.53 Å². The Hall–Kier alpha value is -1.57. The van der Waals surface area contributed by atoms with Gasteiger partial charge in [-0.3, -0.25) is 0 Å². The first kappa shape index (κ1) is 13.5. The summed E-state index contributed by atoms with van der Waals surface area (Å²) in [7, 11) is 0. The van der Waals surface area contributed by atoms with Gasteiger partial charge < -0.3 is 9.53 Å². The van der Waals surface area contributed by atoms with Crippen molar-refractivity contribution in [1.29, 1.82) is 0 Å². The van der Waals surface area contributed by atoms with E-state index >= 15 is 0 Å². The number of benzene rings is 1. The number of rotatable bonds is 7. The van der Waals surface area contributed by atoms with Crippen molar-refractivity contribution in [2.45, 2.75) is 33.1 Å². The van der Waals surface area contributed by atoms with Crippen molar-refractivity contribution in [2.75, 3.05) is 6.61 Å². The molecule has 2 heteroatoms. The lowest BCUT2D eigenvalue weighted by molar-refractivity contribution is -0.107. The Morgan fingerprint density at radius 1 is 1.18 bits per heavy atom. The molecule has 0 aliphatic rings. The van der Waals surface area contributed by atoms with Crippen LogP contribution in [0, 0.1) is 0 Å². The van der Waals surface area contributed by atoms with Crippen molar-refractivity contribution >= 4 is 12.0 Å². The molecule has 0 atom stereocenters. The van der Waals surface area contributed by atoms with E-state index < -0.39 is 0 Å². The van der Waals surface area contributed by atoms with Gasteiger partial charge in [-0.05, 0) is 32.3 Å². The molecule has 0 aliphatic carbocycles. The van der Waals surface area contributed by atoms with Gasteiger partial charge in [0.25, 0.3) is 0 Å². The summed E-state index contributed by atoms with van der Waals surface area (Å²) in [4.78, 5) is 10.2. The zero-order valence-electron chi connectivity index (χ0n) is 10.6. The fraction of sp³-hybridized carbons (Fsp3) is 0.400. The third kappa shape index (κ3) is 4.85. The number of hydrogen-bond donors (Lipinski definition) is 0. The Kier molecular flexibility index (Phi) is 6.08. The van der Waals surface area contributed by atoms with E-state index in [0.717, 1.165) is 30.5 Å². The highest BCUT2D eigenvalue weighted by molar-refractivity contribution is 5.62. The molecule has 1 aromatic carbocycles. The van der Waals surface area contributed by atoms with Gasteiger partial charge in [0, 0.05) is 12.0 Å². The Balaban J connectivity index is 2.52. The normalized spacial score (nSPS) is 9.76. The predicted octanol–water partition coefficient (Wildman–Crippen LogP) is 3.82. The number of aldehydes is 1. The fourth-order valence-corrected chi connectivity index (χ4v) is 1.61. The van der Waals surface area contributed by atoms with Gasteiger partial charge >= 0.3 is 0 Å². The molecule has 1 aromatic rings. The van der Waals surface area contributed by atoms with Crippen molar-refractivity contribution in [3.63, 3.8) is 0 Å². The van der Waals surface area contributed by atoms with Crippen LogP contribution in [0.25, 0.3) is 5.76 Å². The number of ether oxygens (including phenoxy) is 1. The number of unbranched alkanes of at least 4 members (excludes halogenated alkanes) is 2. The number of carbonyl (C=O) groups is 1. The minimum absolute atomic E-state index is 0.624. The van der Waals surface area contributed by atoms with Crippen LogP contribution in [0.3, 0.4) is 0 Å². The third-order valence-electron chi connectivity index (χ3n) is 2.45. The molecule has 0 saturated heterocycles. The SMILES string of the molecule is CC(C)=C(OCCCCC=O)c1ccccc1. The van der Waals surface area contributed by atoms with E-state index in [9.17, 15) is 4.79 Å². The first-order valence-corrected chi connectivity index (χ1v) is 6.05. The van der Waals surface area contributed by atoms with Gasteiger partial charge in [-0.2, -0.15) is 0 Å². The van der Waals surface area contributed by atoms with E-state index in [0.29, 0.717) is 13.0 Å². The molecule has 0 aromatic heterocycles. The molecule has 1 rings (SSSR count). The second-order valence-electron chi connectivity index (χ2n) is 4.21. The molecule has 0 radical (unpaired) electrons. The molecule has 0 unspecified atom stereocenters. The summed E-state index contributed by atoms with van der Waals surface area (Å²) < 4.78 is 5.80. The summed E-state index contributed by atoms with van der Waals surface area (Å²) >= 11 is 0. The zero-order valence-corrected chi connectivity index (χ0v) is 10.6. The monoisotopic (exact) mass is 232 g/mol. The molecule has 0 bridgehead atoms. The summed E-state index contributed by atoms with van der Waals surface area (Å²) in [6.45, 7) is 4.77. The first-order valence-electron chi connectivity index (χ1n) is 6.05. The lowest BCUT2D eigenvalue weighted by Gasteiger charge is -2.12. The molecule has 2 nitrogen and oxygen atoms in total. The summed E-state index contributed by atoms with van der Waals surface area (Å²) in [5, 5.41) is 0. The molecule has 17 heavy (non-hydrogen) atoms. The van der Waals surface area contributed by atoms with Crippen LogP contribution in [0.1, 0.15) is 38.7 Å². The van der Waals surface area contributed by atoms with Crippen LogP contribution < -0.4 is 0 Å². The molecule has 0 aliphatic heterocycles. The van der Waals surface area contributed by atoms with Crippen LogP contribution in [0.4, 0.5) is 0 Å². The predicted molar refractivity (Wildman–Crippen MR) is 70.6 cm³/mol. The number of carbonyl (C=O) groups excluding carboxylic acids is 1. The van der Waals surface area contributed by atoms with E-state index in [2.05, 4.69) is 0 Å². The maximum atomic E-state index is 10.2. The van der Waals surface area contributed by atoms with Crippen LogP contribution in [0.15, 0.2) is 35.9 Å². The molecule has 0 spiro atoms. The minimum Gasteiger partial charge on any atom is -0.493 e. The molecule has 92 valence electrons. The van der Waals surface area contributed by atoms with E-state index in [4.69, 9.17) is 4.74 Å². The lowest BCUT2D eigenvalue weighted by atomic mass is 10.1. The quantitative estimate of drug-likeness (QED) is 0.406. The molecule has 0 fully saturated rings. The largest absolute Gasteiger partial charge is 0.493 e. The van der Waals surface area contributed by atoms with Crippen LogP contribution in [-0.4, -0.2) is 12.9 Å². The fourth-order valence-electron chi connectivity index (χ4n) is 1.61. The van der Waals surface area contributed by atoms with Crippen molar-refractivity contribution in [3.05, 3.63) is 41.5 Å².